The third kappa shape index (κ3) is 2.13. The maximum absolute atomic E-state index is 5.90. The van der Waals surface area contributed by atoms with Crippen LogP contribution in [-0.4, -0.2) is 4.57 Å². The summed E-state index contributed by atoms with van der Waals surface area (Å²) in [4.78, 5) is 0. The fraction of sp³-hybridized carbons (Fsp3) is 0.158. The van der Waals surface area contributed by atoms with Crippen molar-refractivity contribution in [1.82, 2.24) is 4.57 Å². The Morgan fingerprint density at radius 2 is 1.90 bits per heavy atom. The summed E-state index contributed by atoms with van der Waals surface area (Å²) in [6.07, 6.45) is 1.07. The molecule has 2 nitrogen and oxygen atoms in total. The summed E-state index contributed by atoms with van der Waals surface area (Å²) in [7, 11) is 0. The minimum absolute atomic E-state index is 0.604. The van der Waals surface area contributed by atoms with Crippen LogP contribution in [0, 0.1) is 0 Å². The van der Waals surface area contributed by atoms with Crippen LogP contribution in [0.5, 0.6) is 5.75 Å². The van der Waals surface area contributed by atoms with Crippen molar-refractivity contribution in [1.29, 1.82) is 0 Å². The second-order valence-corrected chi connectivity index (χ2v) is 5.53. The van der Waals surface area contributed by atoms with E-state index < -0.39 is 0 Å². The molecule has 0 atom stereocenters. The molecule has 0 saturated carbocycles. The number of aryl methyl sites for hydroxylation is 1. The van der Waals surface area contributed by atoms with Gasteiger partial charge in [-0.3, -0.25) is 0 Å². The van der Waals surface area contributed by atoms with Crippen LogP contribution in [-0.2, 0) is 13.2 Å². The molecule has 0 fully saturated rings. The Hall–Kier alpha value is -2.48. The van der Waals surface area contributed by atoms with E-state index in [0.717, 1.165) is 18.7 Å². The zero-order chi connectivity index (χ0) is 14.2. The molecule has 1 aliphatic rings. The van der Waals surface area contributed by atoms with Gasteiger partial charge in [-0.2, -0.15) is 0 Å². The summed E-state index contributed by atoms with van der Waals surface area (Å²) >= 11 is 0. The first-order valence-electron chi connectivity index (χ1n) is 7.29. The van der Waals surface area contributed by atoms with E-state index in [-0.39, 0.29) is 0 Å². The molecule has 1 aliphatic heterocycles. The van der Waals surface area contributed by atoms with Crippen LogP contribution in [0.3, 0.4) is 0 Å². The number of ether oxygens (including phenoxy) is 1. The Balaban J connectivity index is 1.61. The SMILES string of the molecule is C=C1CCn2c1cc1cc(OCc3ccccc3)ccc12. The van der Waals surface area contributed by atoms with Gasteiger partial charge in [-0.25, -0.2) is 0 Å². The van der Waals surface area contributed by atoms with E-state index in [0.29, 0.717) is 6.61 Å². The lowest BCUT2D eigenvalue weighted by Gasteiger charge is -2.07. The van der Waals surface area contributed by atoms with E-state index in [2.05, 4.69) is 47.5 Å². The Bertz CT molecular complexity index is 814. The van der Waals surface area contributed by atoms with E-state index >= 15 is 0 Å². The van der Waals surface area contributed by atoms with Gasteiger partial charge in [0, 0.05) is 23.1 Å². The Morgan fingerprint density at radius 1 is 1.05 bits per heavy atom. The van der Waals surface area contributed by atoms with Crippen molar-refractivity contribution in [2.75, 3.05) is 0 Å². The van der Waals surface area contributed by atoms with Gasteiger partial charge in [0.2, 0.25) is 0 Å². The zero-order valence-corrected chi connectivity index (χ0v) is 11.9. The average Bonchev–Trinajstić information content (AvgIpc) is 3.06. The molecule has 2 heterocycles. The summed E-state index contributed by atoms with van der Waals surface area (Å²) in [5.74, 6) is 0.918. The van der Waals surface area contributed by atoms with Gasteiger partial charge in [0.15, 0.2) is 0 Å². The average molecular weight is 275 g/mol. The van der Waals surface area contributed by atoms with E-state index in [9.17, 15) is 0 Å². The molecule has 2 heteroatoms. The highest BCUT2D eigenvalue weighted by molar-refractivity contribution is 5.87. The highest BCUT2D eigenvalue weighted by Crippen LogP contribution is 2.33. The molecule has 0 bridgehead atoms. The van der Waals surface area contributed by atoms with Crippen molar-refractivity contribution >= 4 is 16.5 Å². The topological polar surface area (TPSA) is 14.2 Å². The lowest BCUT2D eigenvalue weighted by molar-refractivity contribution is 0.306. The van der Waals surface area contributed by atoms with Crippen LogP contribution in [0.25, 0.3) is 16.5 Å². The maximum Gasteiger partial charge on any atom is 0.120 e. The first kappa shape index (κ1) is 12.3. The minimum Gasteiger partial charge on any atom is -0.489 e. The molecule has 0 N–H and O–H groups in total. The molecule has 0 aliphatic carbocycles. The first-order valence-corrected chi connectivity index (χ1v) is 7.29. The van der Waals surface area contributed by atoms with Crippen molar-refractivity contribution < 1.29 is 4.74 Å². The molecule has 3 aromatic rings. The van der Waals surface area contributed by atoms with Gasteiger partial charge in [0.1, 0.15) is 12.4 Å². The second kappa shape index (κ2) is 4.81. The van der Waals surface area contributed by atoms with Gasteiger partial charge in [-0.15, -0.1) is 0 Å². The summed E-state index contributed by atoms with van der Waals surface area (Å²) < 4.78 is 8.24. The molecule has 0 amide bonds. The molecule has 0 radical (unpaired) electrons. The fourth-order valence-corrected chi connectivity index (χ4v) is 2.99. The van der Waals surface area contributed by atoms with Crippen molar-refractivity contribution in [2.24, 2.45) is 0 Å². The van der Waals surface area contributed by atoms with Crippen LogP contribution >= 0.6 is 0 Å². The Labute approximate surface area is 124 Å². The summed E-state index contributed by atoms with van der Waals surface area (Å²) in [6, 6.07) is 18.8. The molecule has 21 heavy (non-hydrogen) atoms. The normalized spacial score (nSPS) is 13.6. The number of benzene rings is 2. The highest BCUT2D eigenvalue weighted by Gasteiger charge is 2.17. The van der Waals surface area contributed by atoms with E-state index in [1.807, 2.05) is 18.2 Å². The van der Waals surface area contributed by atoms with Gasteiger partial charge >= 0.3 is 0 Å². The molecule has 0 saturated heterocycles. The van der Waals surface area contributed by atoms with E-state index in [4.69, 9.17) is 4.74 Å². The standard InChI is InChI=1S/C19H17NO/c1-14-9-10-20-18-8-7-17(11-16(18)12-19(14)20)21-13-15-5-3-2-4-6-15/h2-8,11-12H,1,9-10,13H2. The number of hydrogen-bond acceptors (Lipinski definition) is 1. The number of aromatic nitrogens is 1. The van der Waals surface area contributed by atoms with Crippen molar-refractivity contribution in [3.63, 3.8) is 0 Å². The quantitative estimate of drug-likeness (QED) is 0.679. The van der Waals surface area contributed by atoms with E-state index in [1.165, 1.54) is 27.7 Å². The number of rotatable bonds is 3. The number of hydrogen-bond donors (Lipinski definition) is 0. The third-order valence-electron chi connectivity index (χ3n) is 4.12. The van der Waals surface area contributed by atoms with Gasteiger partial charge in [-0.05, 0) is 41.8 Å². The summed E-state index contributed by atoms with van der Waals surface area (Å²) in [5, 5.41) is 1.23. The third-order valence-corrected chi connectivity index (χ3v) is 4.12. The van der Waals surface area contributed by atoms with Gasteiger partial charge in [0.25, 0.3) is 0 Å². The van der Waals surface area contributed by atoms with Crippen LogP contribution < -0.4 is 4.74 Å². The maximum atomic E-state index is 5.90. The first-order chi connectivity index (χ1) is 10.3. The fourth-order valence-electron chi connectivity index (χ4n) is 2.99. The Kier molecular flexibility index (Phi) is 2.81. The molecule has 0 unspecified atom stereocenters. The predicted octanol–water partition coefficient (Wildman–Crippen LogP) is 4.64. The van der Waals surface area contributed by atoms with Crippen molar-refractivity contribution in [3.8, 4) is 5.75 Å². The van der Waals surface area contributed by atoms with Crippen molar-refractivity contribution in [2.45, 2.75) is 19.6 Å². The number of nitrogens with zero attached hydrogens (tertiary/aromatic N) is 1. The van der Waals surface area contributed by atoms with Crippen molar-refractivity contribution in [3.05, 3.63) is 72.4 Å². The van der Waals surface area contributed by atoms with Gasteiger partial charge in [0.05, 0.1) is 0 Å². The highest BCUT2D eigenvalue weighted by atomic mass is 16.5. The zero-order valence-electron chi connectivity index (χ0n) is 11.9. The second-order valence-electron chi connectivity index (χ2n) is 5.53. The molecular formula is C19H17NO. The smallest absolute Gasteiger partial charge is 0.120 e. The van der Waals surface area contributed by atoms with Gasteiger partial charge in [-0.1, -0.05) is 36.9 Å². The van der Waals surface area contributed by atoms with Crippen LogP contribution in [0.4, 0.5) is 0 Å². The number of fused-ring (bicyclic) bond motifs is 3. The largest absolute Gasteiger partial charge is 0.489 e. The van der Waals surface area contributed by atoms with Crippen LogP contribution in [0.1, 0.15) is 17.7 Å². The molecule has 4 rings (SSSR count). The summed E-state index contributed by atoms with van der Waals surface area (Å²) in [5.41, 5.74) is 4.96. The minimum atomic E-state index is 0.604. The van der Waals surface area contributed by atoms with Crippen LogP contribution in [0.15, 0.2) is 61.2 Å². The summed E-state index contributed by atoms with van der Waals surface area (Å²) in [6.45, 7) is 5.78. The molecule has 2 aromatic carbocycles. The predicted molar refractivity (Wildman–Crippen MR) is 86.4 cm³/mol. The van der Waals surface area contributed by atoms with Gasteiger partial charge < -0.3 is 9.30 Å². The molecule has 104 valence electrons. The monoisotopic (exact) mass is 275 g/mol. The lowest BCUT2D eigenvalue weighted by atomic mass is 10.1. The lowest BCUT2D eigenvalue weighted by Crippen LogP contribution is -1.95. The molecule has 0 spiro atoms. The van der Waals surface area contributed by atoms with E-state index in [1.54, 1.807) is 0 Å². The number of allylic oxidation sites excluding steroid dienone is 1. The Morgan fingerprint density at radius 3 is 2.76 bits per heavy atom. The molecule has 1 aromatic heterocycles. The van der Waals surface area contributed by atoms with Crippen LogP contribution in [0.2, 0.25) is 0 Å². The molecular weight excluding hydrogens is 258 g/mol.